The fraction of sp³-hybridized carbons (Fsp3) is 0. The van der Waals surface area contributed by atoms with Crippen molar-refractivity contribution in [1.29, 1.82) is 0 Å². The number of rotatable bonds is 5. The van der Waals surface area contributed by atoms with Crippen LogP contribution < -0.4 is 0 Å². The van der Waals surface area contributed by atoms with E-state index in [0.717, 1.165) is 54.5 Å². The Bertz CT molecular complexity index is 1490. The summed E-state index contributed by atoms with van der Waals surface area (Å²) < 4.78 is 12.3. The van der Waals surface area contributed by atoms with Crippen LogP contribution in [0.25, 0.3) is 22.5 Å². The zero-order valence-corrected chi connectivity index (χ0v) is 21.0. The molecule has 0 saturated carbocycles. The molecule has 2 heterocycles. The Labute approximate surface area is 220 Å². The maximum Gasteiger partial charge on any atom is 0.153 e. The summed E-state index contributed by atoms with van der Waals surface area (Å²) >= 11 is 2.78. The molecule has 0 atom stereocenters. The predicted octanol–water partition coefficient (Wildman–Crippen LogP) is 9.25. The van der Waals surface area contributed by atoms with Gasteiger partial charge < -0.3 is 8.37 Å². The first-order valence-electron chi connectivity index (χ1n) is 11.7. The fourth-order valence-electron chi connectivity index (χ4n) is 4.39. The minimum atomic E-state index is 0.855. The zero-order chi connectivity index (χ0) is 24.2. The second-order valence-electron chi connectivity index (χ2n) is 8.26. The summed E-state index contributed by atoms with van der Waals surface area (Å²) in [6, 6.07) is 41.8. The average Bonchev–Trinajstić information content (AvgIpc) is 2.98. The van der Waals surface area contributed by atoms with Gasteiger partial charge in [0, 0.05) is 22.3 Å². The first kappa shape index (κ1) is 22.6. The SMILES string of the molecule is C1=CC(c2ccccc2)=C(C2=C(c3ccccc3)C(c3ccccc3)=C(c3ccccc3)OS2)SO1. The highest BCUT2D eigenvalue weighted by Gasteiger charge is 2.32. The second kappa shape index (κ2) is 10.4. The lowest BCUT2D eigenvalue weighted by atomic mass is 9.88. The van der Waals surface area contributed by atoms with E-state index in [9.17, 15) is 0 Å². The number of benzene rings is 4. The van der Waals surface area contributed by atoms with Crippen LogP contribution in [0.1, 0.15) is 22.3 Å². The summed E-state index contributed by atoms with van der Waals surface area (Å²) in [4.78, 5) is 2.07. The molecular formula is C32H22O2S2. The van der Waals surface area contributed by atoms with Crippen molar-refractivity contribution < 1.29 is 8.37 Å². The van der Waals surface area contributed by atoms with Crippen LogP contribution in [0.15, 0.2) is 143 Å². The van der Waals surface area contributed by atoms with E-state index in [1.54, 1.807) is 6.26 Å². The van der Waals surface area contributed by atoms with E-state index in [-0.39, 0.29) is 0 Å². The summed E-state index contributed by atoms with van der Waals surface area (Å²) in [6.07, 6.45) is 3.78. The van der Waals surface area contributed by atoms with E-state index >= 15 is 0 Å². The van der Waals surface area contributed by atoms with Crippen molar-refractivity contribution in [3.8, 4) is 0 Å². The van der Waals surface area contributed by atoms with Crippen LogP contribution in [0.3, 0.4) is 0 Å². The van der Waals surface area contributed by atoms with Crippen LogP contribution in [0.2, 0.25) is 0 Å². The Balaban J connectivity index is 1.69. The van der Waals surface area contributed by atoms with Gasteiger partial charge in [0.1, 0.15) is 6.26 Å². The van der Waals surface area contributed by atoms with Gasteiger partial charge in [-0.3, -0.25) is 0 Å². The molecule has 0 fully saturated rings. The average molecular weight is 503 g/mol. The summed E-state index contributed by atoms with van der Waals surface area (Å²) in [5, 5.41) is 0. The summed E-state index contributed by atoms with van der Waals surface area (Å²) in [6.45, 7) is 0. The topological polar surface area (TPSA) is 18.5 Å². The summed E-state index contributed by atoms with van der Waals surface area (Å²) in [5.74, 6) is 0.855. The molecule has 0 saturated heterocycles. The molecule has 4 heteroatoms. The van der Waals surface area contributed by atoms with E-state index in [1.165, 1.54) is 24.1 Å². The van der Waals surface area contributed by atoms with Gasteiger partial charge in [0.05, 0.1) is 33.9 Å². The van der Waals surface area contributed by atoms with Crippen LogP contribution in [0, 0.1) is 0 Å². The van der Waals surface area contributed by atoms with Gasteiger partial charge in [-0.1, -0.05) is 121 Å². The summed E-state index contributed by atoms with van der Waals surface area (Å²) in [7, 11) is 0. The van der Waals surface area contributed by atoms with Crippen molar-refractivity contribution in [3.63, 3.8) is 0 Å². The van der Waals surface area contributed by atoms with Gasteiger partial charge in [0.2, 0.25) is 0 Å². The third-order valence-corrected chi connectivity index (χ3v) is 7.78. The maximum absolute atomic E-state index is 6.54. The highest BCUT2D eigenvalue weighted by Crippen LogP contribution is 2.54. The molecule has 174 valence electrons. The smallest absolute Gasteiger partial charge is 0.153 e. The molecule has 2 aliphatic rings. The molecule has 4 aromatic carbocycles. The van der Waals surface area contributed by atoms with Gasteiger partial charge >= 0.3 is 0 Å². The molecule has 2 nitrogen and oxygen atoms in total. The number of allylic oxidation sites excluding steroid dienone is 4. The molecule has 0 radical (unpaired) electrons. The fourth-order valence-corrected chi connectivity index (χ4v) is 6.09. The lowest BCUT2D eigenvalue weighted by Gasteiger charge is -2.28. The molecule has 6 rings (SSSR count). The number of hydrogen-bond donors (Lipinski definition) is 0. The van der Waals surface area contributed by atoms with E-state index in [1.807, 2.05) is 36.4 Å². The van der Waals surface area contributed by atoms with Gasteiger partial charge in [-0.15, -0.1) is 0 Å². The molecule has 0 N–H and O–H groups in total. The Morgan fingerprint density at radius 1 is 0.444 bits per heavy atom. The quantitative estimate of drug-likeness (QED) is 0.253. The third kappa shape index (κ3) is 4.41. The largest absolute Gasteiger partial charge is 0.428 e. The van der Waals surface area contributed by atoms with Crippen molar-refractivity contribution in [2.75, 3.05) is 0 Å². The Morgan fingerprint density at radius 3 is 1.53 bits per heavy atom. The molecule has 0 amide bonds. The van der Waals surface area contributed by atoms with Crippen LogP contribution in [-0.2, 0) is 8.37 Å². The van der Waals surface area contributed by atoms with Gasteiger partial charge in [-0.2, -0.15) is 0 Å². The first-order chi connectivity index (χ1) is 17.9. The lowest BCUT2D eigenvalue weighted by molar-refractivity contribution is 0.568. The second-order valence-corrected chi connectivity index (χ2v) is 9.77. The molecule has 36 heavy (non-hydrogen) atoms. The van der Waals surface area contributed by atoms with Gasteiger partial charge in [0.15, 0.2) is 5.76 Å². The highest BCUT2D eigenvalue weighted by molar-refractivity contribution is 8.04. The molecule has 4 aromatic rings. The van der Waals surface area contributed by atoms with Crippen LogP contribution in [0.4, 0.5) is 0 Å². The van der Waals surface area contributed by atoms with Crippen LogP contribution in [-0.4, -0.2) is 0 Å². The lowest BCUT2D eigenvalue weighted by Crippen LogP contribution is -2.07. The Morgan fingerprint density at radius 2 is 0.944 bits per heavy atom. The molecule has 0 unspecified atom stereocenters. The van der Waals surface area contributed by atoms with Crippen molar-refractivity contribution in [2.24, 2.45) is 0 Å². The van der Waals surface area contributed by atoms with Crippen LogP contribution >= 0.6 is 24.1 Å². The standard InChI is InChI=1S/C32H22O2S2/c1-5-13-23(14-6-1)27-21-22-33-35-31(27)32-29(25-17-9-3-10-18-25)28(24-15-7-2-8-16-24)30(34-36-32)26-19-11-4-12-20-26/h1-22H. The molecule has 2 aliphatic heterocycles. The minimum absolute atomic E-state index is 0.855. The Hall–Kier alpha value is -3.86. The summed E-state index contributed by atoms with van der Waals surface area (Å²) in [5.41, 5.74) is 7.73. The van der Waals surface area contributed by atoms with Crippen molar-refractivity contribution in [2.45, 2.75) is 0 Å². The van der Waals surface area contributed by atoms with Crippen molar-refractivity contribution in [1.82, 2.24) is 0 Å². The Kier molecular flexibility index (Phi) is 6.53. The van der Waals surface area contributed by atoms with Crippen molar-refractivity contribution >= 4 is 46.6 Å². The van der Waals surface area contributed by atoms with Crippen molar-refractivity contribution in [3.05, 3.63) is 166 Å². The van der Waals surface area contributed by atoms with E-state index < -0.39 is 0 Å². The molecule has 0 spiro atoms. The normalized spacial score (nSPS) is 15.6. The van der Waals surface area contributed by atoms with Gasteiger partial charge in [-0.25, -0.2) is 0 Å². The van der Waals surface area contributed by atoms with Gasteiger partial charge in [0.25, 0.3) is 0 Å². The highest BCUT2D eigenvalue weighted by atomic mass is 32.2. The predicted molar refractivity (Wildman–Crippen MR) is 153 cm³/mol. The molecular weight excluding hydrogens is 480 g/mol. The first-order valence-corrected chi connectivity index (χ1v) is 13.2. The van der Waals surface area contributed by atoms with Crippen LogP contribution in [0.5, 0.6) is 0 Å². The van der Waals surface area contributed by atoms with Gasteiger partial charge in [-0.05, 0) is 22.8 Å². The molecule has 0 aromatic heterocycles. The maximum atomic E-state index is 6.54. The van der Waals surface area contributed by atoms with E-state index in [2.05, 4.69) is 91.0 Å². The minimum Gasteiger partial charge on any atom is -0.428 e. The number of hydrogen-bond acceptors (Lipinski definition) is 4. The zero-order valence-electron chi connectivity index (χ0n) is 19.3. The third-order valence-electron chi connectivity index (χ3n) is 6.03. The van der Waals surface area contributed by atoms with E-state index in [4.69, 9.17) is 8.37 Å². The molecule has 0 bridgehead atoms. The van der Waals surface area contributed by atoms with E-state index in [0.29, 0.717) is 0 Å². The monoisotopic (exact) mass is 502 g/mol. The molecule has 0 aliphatic carbocycles.